The average molecular weight is 353 g/mol. The van der Waals surface area contributed by atoms with Gasteiger partial charge < -0.3 is 14.8 Å². The molecule has 0 aliphatic heterocycles. The number of rotatable bonds is 4. The highest BCUT2D eigenvalue weighted by Crippen LogP contribution is 2.26. The van der Waals surface area contributed by atoms with E-state index >= 15 is 0 Å². The van der Waals surface area contributed by atoms with E-state index in [9.17, 15) is 4.79 Å². The normalized spacial score (nSPS) is 10.9. The molecule has 6 nitrogen and oxygen atoms in total. The summed E-state index contributed by atoms with van der Waals surface area (Å²) in [6.07, 6.45) is 1.80. The molecule has 0 aliphatic carbocycles. The molecule has 124 valence electrons. The van der Waals surface area contributed by atoms with Gasteiger partial charge in [-0.15, -0.1) is 0 Å². The lowest BCUT2D eigenvalue weighted by Crippen LogP contribution is -2.23. The van der Waals surface area contributed by atoms with Crippen LogP contribution in [0.5, 0.6) is 0 Å². The molecule has 7 heteroatoms. The van der Waals surface area contributed by atoms with Crippen LogP contribution in [-0.4, -0.2) is 21.0 Å². The van der Waals surface area contributed by atoms with Crippen molar-refractivity contribution in [1.82, 2.24) is 20.4 Å². The van der Waals surface area contributed by atoms with E-state index in [2.05, 4.69) is 20.4 Å². The summed E-state index contributed by atoms with van der Waals surface area (Å²) in [6.45, 7) is 0.348. The zero-order valence-electron chi connectivity index (χ0n) is 13.0. The summed E-state index contributed by atoms with van der Waals surface area (Å²) >= 11 is 5.84. The highest BCUT2D eigenvalue weighted by Gasteiger charge is 2.17. The van der Waals surface area contributed by atoms with Crippen molar-refractivity contribution >= 4 is 28.4 Å². The van der Waals surface area contributed by atoms with Crippen molar-refractivity contribution in [2.45, 2.75) is 6.54 Å². The molecule has 0 aliphatic rings. The van der Waals surface area contributed by atoms with E-state index in [-0.39, 0.29) is 5.89 Å². The second-order valence-corrected chi connectivity index (χ2v) is 5.92. The Hall–Kier alpha value is -3.12. The molecule has 2 N–H and O–H groups in total. The van der Waals surface area contributed by atoms with Gasteiger partial charge in [0.05, 0.1) is 0 Å². The predicted molar refractivity (Wildman–Crippen MR) is 94.2 cm³/mol. The summed E-state index contributed by atoms with van der Waals surface area (Å²) in [5.41, 5.74) is 2.68. The number of para-hydroxylation sites is 1. The van der Waals surface area contributed by atoms with Crippen LogP contribution in [0.3, 0.4) is 0 Å². The number of hydrogen-bond acceptors (Lipinski definition) is 4. The number of halogens is 1. The SMILES string of the molecule is O=C(NCc1ccc(Cl)cc1)c1nc(-c2c[nH]c3ccccc23)no1. The van der Waals surface area contributed by atoms with Crippen LogP contribution in [0.1, 0.15) is 16.2 Å². The van der Waals surface area contributed by atoms with E-state index in [0.717, 1.165) is 22.0 Å². The van der Waals surface area contributed by atoms with Crippen molar-refractivity contribution in [2.75, 3.05) is 0 Å². The molecule has 0 spiro atoms. The van der Waals surface area contributed by atoms with E-state index in [1.807, 2.05) is 36.4 Å². The summed E-state index contributed by atoms with van der Waals surface area (Å²) in [6, 6.07) is 15.0. The molecular formula is C18H13ClN4O2. The molecule has 0 fully saturated rings. The maximum atomic E-state index is 12.2. The minimum atomic E-state index is -0.423. The van der Waals surface area contributed by atoms with E-state index in [1.165, 1.54) is 0 Å². The first-order valence-corrected chi connectivity index (χ1v) is 8.01. The lowest BCUT2D eigenvalue weighted by atomic mass is 10.2. The van der Waals surface area contributed by atoms with E-state index < -0.39 is 5.91 Å². The van der Waals surface area contributed by atoms with Gasteiger partial charge in [0, 0.05) is 34.2 Å². The quantitative estimate of drug-likeness (QED) is 0.585. The van der Waals surface area contributed by atoms with Gasteiger partial charge in [-0.3, -0.25) is 4.79 Å². The third-order valence-corrected chi connectivity index (χ3v) is 4.07. The van der Waals surface area contributed by atoms with E-state index in [0.29, 0.717) is 17.4 Å². The Morgan fingerprint density at radius 1 is 1.16 bits per heavy atom. The van der Waals surface area contributed by atoms with Gasteiger partial charge in [-0.05, 0) is 23.8 Å². The van der Waals surface area contributed by atoms with Gasteiger partial charge >= 0.3 is 11.8 Å². The fourth-order valence-electron chi connectivity index (χ4n) is 2.54. The van der Waals surface area contributed by atoms with Crippen molar-refractivity contribution in [3.05, 3.63) is 71.2 Å². The lowest BCUT2D eigenvalue weighted by molar-refractivity contribution is 0.0907. The molecule has 2 heterocycles. The molecule has 25 heavy (non-hydrogen) atoms. The van der Waals surface area contributed by atoms with Crippen molar-refractivity contribution in [3.8, 4) is 11.4 Å². The number of nitrogens with zero attached hydrogens (tertiary/aromatic N) is 2. The average Bonchev–Trinajstić information content (AvgIpc) is 3.27. The van der Waals surface area contributed by atoms with Crippen LogP contribution in [0.4, 0.5) is 0 Å². The first kappa shape index (κ1) is 15.4. The maximum absolute atomic E-state index is 12.2. The monoisotopic (exact) mass is 352 g/mol. The first-order chi connectivity index (χ1) is 12.2. The number of amides is 1. The second-order valence-electron chi connectivity index (χ2n) is 5.48. The van der Waals surface area contributed by atoms with Crippen LogP contribution in [-0.2, 0) is 6.54 Å². The summed E-state index contributed by atoms with van der Waals surface area (Å²) in [7, 11) is 0. The Balaban J connectivity index is 1.50. The zero-order valence-corrected chi connectivity index (χ0v) is 13.7. The maximum Gasteiger partial charge on any atom is 0.316 e. The Morgan fingerprint density at radius 3 is 2.80 bits per heavy atom. The fourth-order valence-corrected chi connectivity index (χ4v) is 2.67. The number of nitrogens with one attached hydrogen (secondary N) is 2. The standard InChI is InChI=1S/C18H13ClN4O2/c19-12-7-5-11(6-8-12)9-21-17(24)18-22-16(23-25-18)14-10-20-15-4-2-1-3-13(14)15/h1-8,10,20H,9H2,(H,21,24). The molecule has 2 aromatic heterocycles. The van der Waals surface area contributed by atoms with Gasteiger partial charge in [0.1, 0.15) is 0 Å². The number of aromatic nitrogens is 3. The molecule has 2 aromatic carbocycles. The number of benzene rings is 2. The zero-order chi connectivity index (χ0) is 17.2. The summed E-state index contributed by atoms with van der Waals surface area (Å²) < 4.78 is 5.10. The van der Waals surface area contributed by atoms with Crippen molar-refractivity contribution in [2.24, 2.45) is 0 Å². The molecular weight excluding hydrogens is 340 g/mol. The van der Waals surface area contributed by atoms with Gasteiger partial charge in [-0.1, -0.05) is 47.1 Å². The molecule has 4 rings (SSSR count). The fraction of sp³-hybridized carbons (Fsp3) is 0.0556. The van der Waals surface area contributed by atoms with Gasteiger partial charge in [0.15, 0.2) is 0 Å². The van der Waals surface area contributed by atoms with Crippen LogP contribution in [0.15, 0.2) is 59.3 Å². The molecule has 0 bridgehead atoms. The van der Waals surface area contributed by atoms with Crippen LogP contribution in [0.25, 0.3) is 22.3 Å². The largest absolute Gasteiger partial charge is 0.360 e. The molecule has 0 radical (unpaired) electrons. The van der Waals surface area contributed by atoms with Gasteiger partial charge in [0.2, 0.25) is 5.82 Å². The Kier molecular flexibility index (Phi) is 3.95. The molecule has 0 atom stereocenters. The Bertz CT molecular complexity index is 1040. The highest BCUT2D eigenvalue weighted by atomic mass is 35.5. The molecule has 0 saturated carbocycles. The number of carbonyl (C=O) groups is 1. The van der Waals surface area contributed by atoms with E-state index in [4.69, 9.17) is 16.1 Å². The number of carbonyl (C=O) groups excluding carboxylic acids is 1. The number of hydrogen-bond donors (Lipinski definition) is 2. The number of fused-ring (bicyclic) bond motifs is 1. The molecule has 0 saturated heterocycles. The highest BCUT2D eigenvalue weighted by molar-refractivity contribution is 6.30. The van der Waals surface area contributed by atoms with Crippen molar-refractivity contribution in [1.29, 1.82) is 0 Å². The van der Waals surface area contributed by atoms with Gasteiger partial charge in [-0.2, -0.15) is 4.98 Å². The van der Waals surface area contributed by atoms with Crippen molar-refractivity contribution < 1.29 is 9.32 Å². The second kappa shape index (κ2) is 6.41. The summed E-state index contributed by atoms with van der Waals surface area (Å²) in [5, 5.41) is 8.27. The third-order valence-electron chi connectivity index (χ3n) is 3.82. The van der Waals surface area contributed by atoms with Crippen LogP contribution < -0.4 is 5.32 Å². The Morgan fingerprint density at radius 2 is 1.96 bits per heavy atom. The molecule has 4 aromatic rings. The smallest absolute Gasteiger partial charge is 0.316 e. The predicted octanol–water partition coefficient (Wildman–Crippen LogP) is 3.80. The number of aromatic amines is 1. The van der Waals surface area contributed by atoms with Gasteiger partial charge in [0.25, 0.3) is 0 Å². The number of H-pyrrole nitrogens is 1. The third kappa shape index (κ3) is 3.12. The van der Waals surface area contributed by atoms with Crippen LogP contribution in [0, 0.1) is 0 Å². The minimum absolute atomic E-state index is 0.0748. The molecule has 0 unspecified atom stereocenters. The van der Waals surface area contributed by atoms with Crippen LogP contribution in [0.2, 0.25) is 5.02 Å². The topological polar surface area (TPSA) is 83.8 Å². The summed E-state index contributed by atoms with van der Waals surface area (Å²) in [5.74, 6) is -0.128. The first-order valence-electron chi connectivity index (χ1n) is 7.63. The lowest BCUT2D eigenvalue weighted by Gasteiger charge is -2.02. The minimum Gasteiger partial charge on any atom is -0.360 e. The van der Waals surface area contributed by atoms with E-state index in [1.54, 1.807) is 18.3 Å². The Labute approximate surface area is 147 Å². The molecule has 1 amide bonds. The van der Waals surface area contributed by atoms with Gasteiger partial charge in [-0.25, -0.2) is 0 Å². The van der Waals surface area contributed by atoms with Crippen LogP contribution >= 0.6 is 11.6 Å². The summed E-state index contributed by atoms with van der Waals surface area (Å²) in [4.78, 5) is 19.5. The van der Waals surface area contributed by atoms with Crippen molar-refractivity contribution in [3.63, 3.8) is 0 Å².